The van der Waals surface area contributed by atoms with E-state index in [2.05, 4.69) is 41.6 Å². The van der Waals surface area contributed by atoms with E-state index >= 15 is 0 Å². The van der Waals surface area contributed by atoms with Crippen molar-refractivity contribution in [2.45, 2.75) is 26.7 Å². The molecule has 0 aliphatic heterocycles. The number of hydrogen-bond acceptors (Lipinski definition) is 1. The van der Waals surface area contributed by atoms with Crippen molar-refractivity contribution in [2.75, 3.05) is 0 Å². The lowest BCUT2D eigenvalue weighted by molar-refractivity contribution is 0.863. The summed E-state index contributed by atoms with van der Waals surface area (Å²) in [7, 11) is 0. The fourth-order valence-corrected chi connectivity index (χ4v) is 1.61. The molecular formula is C11H14N2. The molecule has 2 nitrogen and oxygen atoms in total. The Morgan fingerprint density at radius 2 is 2.15 bits per heavy atom. The SMILES string of the molecule is Cc1cn2cccc(C(C)C)c2n1. The Kier molecular flexibility index (Phi) is 1.83. The zero-order chi connectivity index (χ0) is 9.42. The molecule has 0 spiro atoms. The van der Waals surface area contributed by atoms with Gasteiger partial charge in [-0.2, -0.15) is 0 Å². The Morgan fingerprint density at radius 3 is 2.85 bits per heavy atom. The van der Waals surface area contributed by atoms with Crippen molar-refractivity contribution in [3.63, 3.8) is 0 Å². The van der Waals surface area contributed by atoms with Crippen LogP contribution in [0.5, 0.6) is 0 Å². The number of imidazole rings is 1. The highest BCUT2D eigenvalue weighted by Gasteiger charge is 2.06. The van der Waals surface area contributed by atoms with Gasteiger partial charge in [0.2, 0.25) is 0 Å². The van der Waals surface area contributed by atoms with Crippen molar-refractivity contribution < 1.29 is 0 Å². The summed E-state index contributed by atoms with van der Waals surface area (Å²) in [6.07, 6.45) is 4.10. The molecule has 0 aliphatic rings. The number of hydrogen-bond donors (Lipinski definition) is 0. The lowest BCUT2D eigenvalue weighted by Crippen LogP contribution is -1.93. The third-order valence-electron chi connectivity index (χ3n) is 2.26. The molecule has 0 saturated heterocycles. The number of fused-ring (bicyclic) bond motifs is 1. The molecule has 0 saturated carbocycles. The Morgan fingerprint density at radius 1 is 1.38 bits per heavy atom. The molecule has 0 bridgehead atoms. The van der Waals surface area contributed by atoms with Crippen LogP contribution in [0.1, 0.15) is 31.0 Å². The lowest BCUT2D eigenvalue weighted by atomic mass is 10.1. The smallest absolute Gasteiger partial charge is 0.140 e. The first-order chi connectivity index (χ1) is 6.18. The standard InChI is InChI=1S/C11H14N2/c1-8(2)10-5-4-6-13-7-9(3)12-11(10)13/h4-8H,1-3H3. The van der Waals surface area contributed by atoms with E-state index in [1.807, 2.05) is 13.1 Å². The first-order valence-corrected chi connectivity index (χ1v) is 4.62. The van der Waals surface area contributed by atoms with Gasteiger partial charge in [0.05, 0.1) is 5.69 Å². The highest BCUT2D eigenvalue weighted by atomic mass is 15.0. The largest absolute Gasteiger partial charge is 0.307 e. The molecule has 2 heterocycles. The number of aryl methyl sites for hydroxylation is 1. The number of aromatic nitrogens is 2. The molecule has 0 atom stereocenters. The predicted molar refractivity (Wildman–Crippen MR) is 54.0 cm³/mol. The summed E-state index contributed by atoms with van der Waals surface area (Å²) >= 11 is 0. The van der Waals surface area contributed by atoms with Gasteiger partial charge in [-0.3, -0.25) is 0 Å². The third kappa shape index (κ3) is 1.32. The van der Waals surface area contributed by atoms with Gasteiger partial charge in [-0.1, -0.05) is 19.9 Å². The van der Waals surface area contributed by atoms with Crippen LogP contribution >= 0.6 is 0 Å². The maximum atomic E-state index is 4.50. The minimum atomic E-state index is 0.533. The normalized spacial score (nSPS) is 11.4. The van der Waals surface area contributed by atoms with Crippen molar-refractivity contribution in [2.24, 2.45) is 0 Å². The average molecular weight is 174 g/mol. The van der Waals surface area contributed by atoms with Gasteiger partial charge in [0.25, 0.3) is 0 Å². The van der Waals surface area contributed by atoms with Gasteiger partial charge in [-0.05, 0) is 24.5 Å². The monoisotopic (exact) mass is 174 g/mol. The molecule has 0 aliphatic carbocycles. The van der Waals surface area contributed by atoms with E-state index < -0.39 is 0 Å². The minimum absolute atomic E-state index is 0.533. The lowest BCUT2D eigenvalue weighted by Gasteiger charge is -2.05. The first-order valence-electron chi connectivity index (χ1n) is 4.62. The number of nitrogens with zero attached hydrogens (tertiary/aromatic N) is 2. The summed E-state index contributed by atoms with van der Waals surface area (Å²) < 4.78 is 2.09. The van der Waals surface area contributed by atoms with Gasteiger partial charge in [-0.15, -0.1) is 0 Å². The van der Waals surface area contributed by atoms with Crippen molar-refractivity contribution in [3.8, 4) is 0 Å². The molecule has 2 rings (SSSR count). The molecule has 0 fully saturated rings. The second-order valence-electron chi connectivity index (χ2n) is 3.73. The van der Waals surface area contributed by atoms with Gasteiger partial charge < -0.3 is 4.40 Å². The van der Waals surface area contributed by atoms with Crippen LogP contribution in [0.3, 0.4) is 0 Å². The summed E-state index contributed by atoms with van der Waals surface area (Å²) in [5, 5.41) is 0. The molecule has 0 aromatic carbocycles. The zero-order valence-electron chi connectivity index (χ0n) is 8.28. The summed E-state index contributed by atoms with van der Waals surface area (Å²) in [6.45, 7) is 6.41. The van der Waals surface area contributed by atoms with E-state index in [4.69, 9.17) is 0 Å². The van der Waals surface area contributed by atoms with Crippen molar-refractivity contribution in [1.29, 1.82) is 0 Å². The Balaban J connectivity index is 2.75. The second-order valence-corrected chi connectivity index (χ2v) is 3.73. The zero-order valence-corrected chi connectivity index (χ0v) is 8.28. The highest BCUT2D eigenvalue weighted by Crippen LogP contribution is 2.19. The first kappa shape index (κ1) is 8.30. The second kappa shape index (κ2) is 2.87. The fourth-order valence-electron chi connectivity index (χ4n) is 1.61. The van der Waals surface area contributed by atoms with E-state index in [1.165, 1.54) is 5.56 Å². The maximum absolute atomic E-state index is 4.50. The summed E-state index contributed by atoms with van der Waals surface area (Å²) in [6, 6.07) is 4.22. The van der Waals surface area contributed by atoms with Crippen LogP contribution in [0.25, 0.3) is 5.65 Å². The van der Waals surface area contributed by atoms with E-state index in [0.29, 0.717) is 5.92 Å². The van der Waals surface area contributed by atoms with Gasteiger partial charge in [0, 0.05) is 12.4 Å². The summed E-state index contributed by atoms with van der Waals surface area (Å²) in [5.41, 5.74) is 3.48. The Labute approximate surface area is 78.2 Å². The van der Waals surface area contributed by atoms with E-state index in [0.717, 1.165) is 11.3 Å². The van der Waals surface area contributed by atoms with Crippen LogP contribution in [0, 0.1) is 6.92 Å². The highest BCUT2D eigenvalue weighted by molar-refractivity contribution is 5.50. The van der Waals surface area contributed by atoms with Crippen LogP contribution in [-0.4, -0.2) is 9.38 Å². The van der Waals surface area contributed by atoms with E-state index in [9.17, 15) is 0 Å². The molecule has 0 N–H and O–H groups in total. The van der Waals surface area contributed by atoms with Crippen LogP contribution in [0.4, 0.5) is 0 Å². The van der Waals surface area contributed by atoms with Crippen LogP contribution in [0.15, 0.2) is 24.5 Å². The van der Waals surface area contributed by atoms with Gasteiger partial charge in [-0.25, -0.2) is 4.98 Å². The topological polar surface area (TPSA) is 17.3 Å². The Bertz CT molecular complexity index is 427. The van der Waals surface area contributed by atoms with Crippen LogP contribution in [-0.2, 0) is 0 Å². The fraction of sp³-hybridized carbons (Fsp3) is 0.364. The molecule has 2 heteroatoms. The van der Waals surface area contributed by atoms with E-state index in [1.54, 1.807) is 0 Å². The van der Waals surface area contributed by atoms with Crippen LogP contribution < -0.4 is 0 Å². The van der Waals surface area contributed by atoms with E-state index in [-0.39, 0.29) is 0 Å². The van der Waals surface area contributed by atoms with Gasteiger partial charge >= 0.3 is 0 Å². The minimum Gasteiger partial charge on any atom is -0.307 e. The van der Waals surface area contributed by atoms with Gasteiger partial charge in [0.15, 0.2) is 0 Å². The molecule has 0 amide bonds. The molecule has 2 aromatic rings. The third-order valence-corrected chi connectivity index (χ3v) is 2.26. The number of rotatable bonds is 1. The molecular weight excluding hydrogens is 160 g/mol. The Hall–Kier alpha value is -1.31. The molecule has 68 valence electrons. The molecule has 0 unspecified atom stereocenters. The van der Waals surface area contributed by atoms with Crippen molar-refractivity contribution >= 4 is 5.65 Å². The van der Waals surface area contributed by atoms with Crippen molar-refractivity contribution in [3.05, 3.63) is 35.8 Å². The summed E-state index contributed by atoms with van der Waals surface area (Å²) in [5.74, 6) is 0.533. The van der Waals surface area contributed by atoms with Crippen LogP contribution in [0.2, 0.25) is 0 Å². The van der Waals surface area contributed by atoms with Crippen molar-refractivity contribution in [1.82, 2.24) is 9.38 Å². The quantitative estimate of drug-likeness (QED) is 0.649. The predicted octanol–water partition coefficient (Wildman–Crippen LogP) is 2.77. The molecule has 13 heavy (non-hydrogen) atoms. The van der Waals surface area contributed by atoms with Gasteiger partial charge in [0.1, 0.15) is 5.65 Å². The molecule has 2 aromatic heterocycles. The molecule has 0 radical (unpaired) electrons. The average Bonchev–Trinajstić information content (AvgIpc) is 2.43. The maximum Gasteiger partial charge on any atom is 0.140 e. The summed E-state index contributed by atoms with van der Waals surface area (Å²) in [4.78, 5) is 4.50. The number of pyridine rings is 1.